The van der Waals surface area contributed by atoms with Crippen molar-refractivity contribution in [3.8, 4) is 22.3 Å². The third kappa shape index (κ3) is 2.34. The first-order valence-electron chi connectivity index (χ1n) is 11.1. The number of nitrogens with two attached hydrogens (primary N) is 1. The number of rotatable bonds is 1. The van der Waals surface area contributed by atoms with Gasteiger partial charge in [0.05, 0.1) is 0 Å². The summed E-state index contributed by atoms with van der Waals surface area (Å²) in [6.07, 6.45) is 0.974. The van der Waals surface area contributed by atoms with E-state index in [0.29, 0.717) is 0 Å². The molecule has 0 fully saturated rings. The number of hydrogen-bond acceptors (Lipinski definition) is 1. The van der Waals surface area contributed by atoms with E-state index in [2.05, 4.69) is 97.1 Å². The molecular formula is C31H21N. The predicted octanol–water partition coefficient (Wildman–Crippen LogP) is 7.97. The molecule has 0 aliphatic heterocycles. The van der Waals surface area contributed by atoms with Gasteiger partial charge in [-0.15, -0.1) is 0 Å². The van der Waals surface area contributed by atoms with Crippen LogP contribution in [0.1, 0.15) is 11.1 Å². The zero-order valence-electron chi connectivity index (χ0n) is 17.6. The van der Waals surface area contributed by atoms with Gasteiger partial charge < -0.3 is 5.73 Å². The molecule has 32 heavy (non-hydrogen) atoms. The molecule has 1 aliphatic rings. The van der Waals surface area contributed by atoms with Gasteiger partial charge in [-0.2, -0.15) is 0 Å². The van der Waals surface area contributed by atoms with Crippen LogP contribution in [0.5, 0.6) is 0 Å². The molecule has 0 bridgehead atoms. The van der Waals surface area contributed by atoms with Crippen molar-refractivity contribution in [2.24, 2.45) is 0 Å². The van der Waals surface area contributed by atoms with Crippen molar-refractivity contribution < 1.29 is 0 Å². The second-order valence-electron chi connectivity index (χ2n) is 8.75. The molecule has 6 aromatic carbocycles. The van der Waals surface area contributed by atoms with E-state index in [4.69, 9.17) is 5.73 Å². The maximum atomic E-state index is 6.09. The highest BCUT2D eigenvalue weighted by molar-refractivity contribution is 6.21. The number of anilines is 1. The van der Waals surface area contributed by atoms with Gasteiger partial charge in [0.25, 0.3) is 0 Å². The molecule has 1 aliphatic carbocycles. The van der Waals surface area contributed by atoms with Gasteiger partial charge in [0.2, 0.25) is 0 Å². The fourth-order valence-corrected chi connectivity index (χ4v) is 5.68. The summed E-state index contributed by atoms with van der Waals surface area (Å²) in [7, 11) is 0. The van der Waals surface area contributed by atoms with Crippen molar-refractivity contribution in [2.75, 3.05) is 5.73 Å². The lowest BCUT2D eigenvalue weighted by atomic mass is 9.86. The Bertz CT molecular complexity index is 1710. The Balaban J connectivity index is 1.67. The Hall–Kier alpha value is -4.10. The van der Waals surface area contributed by atoms with Crippen LogP contribution in [0.25, 0.3) is 54.6 Å². The quantitative estimate of drug-likeness (QED) is 0.217. The topological polar surface area (TPSA) is 26.0 Å². The molecule has 1 heteroatoms. The molecule has 7 rings (SSSR count). The first kappa shape index (κ1) is 17.6. The van der Waals surface area contributed by atoms with E-state index in [-0.39, 0.29) is 0 Å². The molecule has 6 aromatic rings. The van der Waals surface area contributed by atoms with Gasteiger partial charge in [-0.05, 0) is 84.3 Å². The fourth-order valence-electron chi connectivity index (χ4n) is 5.68. The van der Waals surface area contributed by atoms with Crippen LogP contribution in [-0.4, -0.2) is 0 Å². The molecule has 0 radical (unpaired) electrons. The summed E-state index contributed by atoms with van der Waals surface area (Å²) < 4.78 is 0. The van der Waals surface area contributed by atoms with Gasteiger partial charge >= 0.3 is 0 Å². The first-order valence-corrected chi connectivity index (χ1v) is 11.1. The maximum Gasteiger partial charge on any atom is 0.0320 e. The van der Waals surface area contributed by atoms with E-state index in [1.807, 2.05) is 6.07 Å². The van der Waals surface area contributed by atoms with Gasteiger partial charge in [-0.1, -0.05) is 91.0 Å². The van der Waals surface area contributed by atoms with Gasteiger partial charge in [0.15, 0.2) is 0 Å². The lowest BCUT2D eigenvalue weighted by molar-refractivity contribution is 1.29. The van der Waals surface area contributed by atoms with E-state index in [1.54, 1.807) is 0 Å². The molecule has 1 nitrogen and oxygen atoms in total. The minimum Gasteiger partial charge on any atom is -0.399 e. The van der Waals surface area contributed by atoms with Crippen LogP contribution in [0, 0.1) is 0 Å². The minimum absolute atomic E-state index is 0.801. The molecule has 0 heterocycles. The van der Waals surface area contributed by atoms with E-state index < -0.39 is 0 Å². The first-order chi connectivity index (χ1) is 15.8. The Kier molecular flexibility index (Phi) is 3.54. The van der Waals surface area contributed by atoms with Crippen LogP contribution in [-0.2, 0) is 6.42 Å². The number of hydrogen-bond donors (Lipinski definition) is 1. The van der Waals surface area contributed by atoms with Gasteiger partial charge in [0.1, 0.15) is 0 Å². The van der Waals surface area contributed by atoms with Crippen LogP contribution in [0.3, 0.4) is 0 Å². The zero-order chi connectivity index (χ0) is 21.2. The Morgan fingerprint density at radius 2 is 1.25 bits per heavy atom. The second-order valence-corrected chi connectivity index (χ2v) is 8.75. The average Bonchev–Trinajstić information content (AvgIpc) is 3.23. The number of fused-ring (bicyclic) bond motifs is 9. The van der Waals surface area contributed by atoms with Gasteiger partial charge in [0, 0.05) is 5.69 Å². The molecular weight excluding hydrogens is 386 g/mol. The predicted molar refractivity (Wildman–Crippen MR) is 137 cm³/mol. The molecule has 150 valence electrons. The second kappa shape index (κ2) is 6.45. The van der Waals surface area contributed by atoms with E-state index >= 15 is 0 Å². The van der Waals surface area contributed by atoms with Crippen molar-refractivity contribution in [1.29, 1.82) is 0 Å². The minimum atomic E-state index is 0.801. The van der Waals surface area contributed by atoms with Crippen molar-refractivity contribution in [3.63, 3.8) is 0 Å². The Morgan fingerprint density at radius 3 is 2.19 bits per heavy atom. The standard InChI is InChI=1S/C31H21N/c32-21-15-16-22-19(17-21)8-5-12-24(22)27-13-6-14-28-25-10-3-4-11-26(25)30-23-9-2-1-7-20(23)18-29(30)31(27)28/h1-17H,18,32H2. The van der Waals surface area contributed by atoms with Gasteiger partial charge in [-0.25, -0.2) is 0 Å². The third-order valence-corrected chi connectivity index (χ3v) is 7.00. The summed E-state index contributed by atoms with van der Waals surface area (Å²) in [5.41, 5.74) is 15.1. The highest BCUT2D eigenvalue weighted by Crippen LogP contribution is 2.48. The summed E-state index contributed by atoms with van der Waals surface area (Å²) in [6.45, 7) is 0. The van der Waals surface area contributed by atoms with Crippen molar-refractivity contribution in [1.82, 2.24) is 0 Å². The summed E-state index contributed by atoms with van der Waals surface area (Å²) in [4.78, 5) is 0. The molecule has 0 atom stereocenters. The smallest absolute Gasteiger partial charge is 0.0320 e. The molecule has 0 aromatic heterocycles. The fraction of sp³-hybridized carbons (Fsp3) is 0.0323. The van der Waals surface area contributed by atoms with Crippen molar-refractivity contribution in [2.45, 2.75) is 6.42 Å². The molecule has 0 saturated carbocycles. The van der Waals surface area contributed by atoms with E-state index in [1.165, 1.54) is 65.7 Å². The summed E-state index contributed by atoms with van der Waals surface area (Å²) >= 11 is 0. The average molecular weight is 408 g/mol. The summed E-state index contributed by atoms with van der Waals surface area (Å²) in [5.74, 6) is 0. The molecule has 0 unspecified atom stereocenters. The summed E-state index contributed by atoms with van der Waals surface area (Å²) in [5, 5.41) is 7.80. The summed E-state index contributed by atoms with van der Waals surface area (Å²) in [6, 6.07) is 37.3. The normalized spacial score (nSPS) is 12.4. The SMILES string of the molecule is Nc1ccc2c(-c3cccc4c3c3c(c5ccccc54)-c4ccccc4C3)cccc2c1. The van der Waals surface area contributed by atoms with Crippen LogP contribution >= 0.6 is 0 Å². The van der Waals surface area contributed by atoms with Crippen LogP contribution < -0.4 is 5.73 Å². The zero-order valence-corrected chi connectivity index (χ0v) is 17.6. The third-order valence-electron chi connectivity index (χ3n) is 7.00. The highest BCUT2D eigenvalue weighted by atomic mass is 14.5. The van der Waals surface area contributed by atoms with E-state index in [9.17, 15) is 0 Å². The largest absolute Gasteiger partial charge is 0.399 e. The lowest BCUT2D eigenvalue weighted by Crippen LogP contribution is -1.92. The molecule has 0 amide bonds. The molecule has 2 N–H and O–H groups in total. The number of nitrogen functional groups attached to an aromatic ring is 1. The van der Waals surface area contributed by atoms with Crippen molar-refractivity contribution >= 4 is 38.0 Å². The Morgan fingerprint density at radius 1 is 0.531 bits per heavy atom. The number of benzene rings is 6. The maximum absolute atomic E-state index is 6.09. The highest BCUT2D eigenvalue weighted by Gasteiger charge is 2.25. The lowest BCUT2D eigenvalue weighted by Gasteiger charge is -2.17. The van der Waals surface area contributed by atoms with Crippen molar-refractivity contribution in [3.05, 3.63) is 114 Å². The van der Waals surface area contributed by atoms with Crippen LogP contribution in [0.15, 0.2) is 103 Å². The van der Waals surface area contributed by atoms with E-state index in [0.717, 1.165) is 12.1 Å². The Labute approximate surface area is 186 Å². The van der Waals surface area contributed by atoms with Crippen LogP contribution in [0.4, 0.5) is 5.69 Å². The molecule has 0 saturated heterocycles. The van der Waals surface area contributed by atoms with Crippen LogP contribution in [0.2, 0.25) is 0 Å². The monoisotopic (exact) mass is 407 g/mol. The molecule has 0 spiro atoms. The van der Waals surface area contributed by atoms with Gasteiger partial charge in [-0.3, -0.25) is 0 Å².